The number of nitrogens with zero attached hydrogens (tertiary/aromatic N) is 2. The van der Waals surface area contributed by atoms with Gasteiger partial charge in [0.2, 0.25) is 5.95 Å². The minimum Gasteiger partial charge on any atom is -0.340 e. The minimum absolute atomic E-state index is 0.336. The van der Waals surface area contributed by atoms with Crippen molar-refractivity contribution in [1.82, 2.24) is 9.97 Å². The molecule has 128 valence electrons. The molecule has 0 bridgehead atoms. The van der Waals surface area contributed by atoms with E-state index in [1.807, 2.05) is 55.5 Å². The third kappa shape index (κ3) is 3.32. The first-order chi connectivity index (χ1) is 12.7. The van der Waals surface area contributed by atoms with Gasteiger partial charge in [0.15, 0.2) is 0 Å². The quantitative estimate of drug-likeness (QED) is 0.508. The molecule has 4 nitrogen and oxygen atoms in total. The van der Waals surface area contributed by atoms with Crippen LogP contribution in [0.5, 0.6) is 0 Å². The normalized spacial score (nSPS) is 10.7. The molecule has 0 amide bonds. The zero-order valence-corrected chi connectivity index (χ0v) is 14.2. The highest BCUT2D eigenvalue weighted by atomic mass is 19.1. The van der Waals surface area contributed by atoms with Crippen molar-refractivity contribution in [3.8, 4) is 0 Å². The van der Waals surface area contributed by atoms with Gasteiger partial charge in [-0.15, -0.1) is 0 Å². The lowest BCUT2D eigenvalue weighted by atomic mass is 10.2. The Bertz CT molecular complexity index is 1060. The number of anilines is 4. The predicted octanol–water partition coefficient (Wildman–Crippen LogP) is 5.56. The second-order valence-corrected chi connectivity index (χ2v) is 6.01. The topological polar surface area (TPSA) is 49.8 Å². The Kier molecular flexibility index (Phi) is 4.19. The van der Waals surface area contributed by atoms with E-state index < -0.39 is 0 Å². The maximum Gasteiger partial charge on any atom is 0.229 e. The van der Waals surface area contributed by atoms with Gasteiger partial charge in [0.1, 0.15) is 11.6 Å². The molecule has 0 aliphatic carbocycles. The molecular weight excluding hydrogens is 327 g/mol. The second kappa shape index (κ2) is 6.80. The lowest BCUT2D eigenvalue weighted by molar-refractivity contribution is 0.631. The van der Waals surface area contributed by atoms with Crippen LogP contribution >= 0.6 is 0 Å². The highest BCUT2D eigenvalue weighted by Crippen LogP contribution is 2.27. The summed E-state index contributed by atoms with van der Waals surface area (Å²) in [6.07, 6.45) is 0. The van der Waals surface area contributed by atoms with E-state index in [0.29, 0.717) is 17.5 Å². The number of rotatable bonds is 4. The van der Waals surface area contributed by atoms with Crippen LogP contribution in [0.3, 0.4) is 0 Å². The molecule has 0 fully saturated rings. The highest BCUT2D eigenvalue weighted by Gasteiger charge is 2.10. The van der Waals surface area contributed by atoms with Crippen molar-refractivity contribution >= 4 is 34.0 Å². The number of aryl methyl sites for hydroxylation is 1. The third-order valence-corrected chi connectivity index (χ3v) is 4.04. The van der Waals surface area contributed by atoms with E-state index in [1.54, 1.807) is 18.2 Å². The van der Waals surface area contributed by atoms with Gasteiger partial charge in [0, 0.05) is 11.1 Å². The molecule has 0 aliphatic rings. The molecule has 5 heteroatoms. The molecule has 2 N–H and O–H groups in total. The summed E-state index contributed by atoms with van der Waals surface area (Å²) >= 11 is 0. The van der Waals surface area contributed by atoms with Crippen LogP contribution in [-0.4, -0.2) is 9.97 Å². The second-order valence-electron chi connectivity index (χ2n) is 6.01. The van der Waals surface area contributed by atoms with Gasteiger partial charge in [0.25, 0.3) is 0 Å². The summed E-state index contributed by atoms with van der Waals surface area (Å²) in [5, 5.41) is 7.19. The molecule has 4 rings (SSSR count). The van der Waals surface area contributed by atoms with Crippen LogP contribution in [0, 0.1) is 12.7 Å². The van der Waals surface area contributed by atoms with Crippen LogP contribution < -0.4 is 10.6 Å². The van der Waals surface area contributed by atoms with E-state index in [-0.39, 0.29) is 5.82 Å². The third-order valence-electron chi connectivity index (χ3n) is 4.04. The molecule has 0 radical (unpaired) electrons. The molecule has 1 heterocycles. The first kappa shape index (κ1) is 16.0. The van der Waals surface area contributed by atoms with Crippen molar-refractivity contribution in [3.05, 3.63) is 84.2 Å². The fourth-order valence-electron chi connectivity index (χ4n) is 2.68. The molecule has 0 spiro atoms. The van der Waals surface area contributed by atoms with Gasteiger partial charge in [-0.1, -0.05) is 42.0 Å². The van der Waals surface area contributed by atoms with Gasteiger partial charge in [-0.05, 0) is 43.3 Å². The fourth-order valence-corrected chi connectivity index (χ4v) is 2.68. The van der Waals surface area contributed by atoms with Gasteiger partial charge in [0.05, 0.1) is 11.2 Å². The van der Waals surface area contributed by atoms with Crippen molar-refractivity contribution in [3.63, 3.8) is 0 Å². The summed E-state index contributed by atoms with van der Waals surface area (Å²) in [5.74, 6) is 0.652. The first-order valence-corrected chi connectivity index (χ1v) is 8.31. The van der Waals surface area contributed by atoms with Gasteiger partial charge in [-0.25, -0.2) is 9.37 Å². The Morgan fingerprint density at radius 2 is 1.50 bits per heavy atom. The molecule has 4 aromatic rings. The van der Waals surface area contributed by atoms with Crippen molar-refractivity contribution in [2.75, 3.05) is 10.6 Å². The predicted molar refractivity (Wildman–Crippen MR) is 104 cm³/mol. The van der Waals surface area contributed by atoms with E-state index in [1.165, 1.54) is 11.6 Å². The van der Waals surface area contributed by atoms with E-state index in [0.717, 1.165) is 16.6 Å². The Hall–Kier alpha value is -3.47. The van der Waals surface area contributed by atoms with Gasteiger partial charge in [-0.3, -0.25) is 0 Å². The van der Waals surface area contributed by atoms with Crippen LogP contribution in [0.4, 0.5) is 27.5 Å². The van der Waals surface area contributed by atoms with Crippen molar-refractivity contribution in [2.24, 2.45) is 0 Å². The van der Waals surface area contributed by atoms with Crippen molar-refractivity contribution in [1.29, 1.82) is 0 Å². The van der Waals surface area contributed by atoms with E-state index in [9.17, 15) is 4.39 Å². The van der Waals surface area contributed by atoms with Crippen LogP contribution in [0.2, 0.25) is 0 Å². The standard InChI is InChI=1S/C21H17FN4/c1-14-10-12-15(13-11-14)23-20-16-6-2-4-8-18(16)24-21(26-20)25-19-9-5-3-7-17(19)22/h2-13H,1H3,(H2,23,24,25,26). The molecule has 1 aromatic heterocycles. The number of para-hydroxylation sites is 2. The number of hydrogen-bond donors (Lipinski definition) is 2. The minimum atomic E-state index is -0.350. The lowest BCUT2D eigenvalue weighted by Gasteiger charge is -2.12. The van der Waals surface area contributed by atoms with Gasteiger partial charge >= 0.3 is 0 Å². The smallest absolute Gasteiger partial charge is 0.229 e. The van der Waals surface area contributed by atoms with E-state index in [4.69, 9.17) is 0 Å². The molecule has 0 saturated heterocycles. The number of nitrogens with one attached hydrogen (secondary N) is 2. The molecule has 0 unspecified atom stereocenters. The van der Waals surface area contributed by atoms with Crippen LogP contribution in [0.25, 0.3) is 10.9 Å². The Labute approximate surface area is 150 Å². The number of fused-ring (bicyclic) bond motifs is 1. The first-order valence-electron chi connectivity index (χ1n) is 8.31. The maximum absolute atomic E-state index is 13.9. The molecule has 26 heavy (non-hydrogen) atoms. The average molecular weight is 344 g/mol. The number of hydrogen-bond acceptors (Lipinski definition) is 4. The van der Waals surface area contributed by atoms with Gasteiger partial charge < -0.3 is 10.6 Å². The number of aromatic nitrogens is 2. The molecule has 0 aliphatic heterocycles. The molecular formula is C21H17FN4. The van der Waals surface area contributed by atoms with Crippen molar-refractivity contribution in [2.45, 2.75) is 6.92 Å². The molecule has 0 saturated carbocycles. The van der Waals surface area contributed by atoms with Crippen LogP contribution in [-0.2, 0) is 0 Å². The Balaban J connectivity index is 1.75. The lowest BCUT2D eigenvalue weighted by Crippen LogP contribution is -2.03. The van der Waals surface area contributed by atoms with Crippen molar-refractivity contribution < 1.29 is 4.39 Å². The summed E-state index contributed by atoms with van der Waals surface area (Å²) in [6, 6.07) is 22.2. The Morgan fingerprint density at radius 1 is 0.769 bits per heavy atom. The summed E-state index contributed by atoms with van der Waals surface area (Å²) in [6.45, 7) is 2.04. The fraction of sp³-hybridized carbons (Fsp3) is 0.0476. The summed E-state index contributed by atoms with van der Waals surface area (Å²) in [7, 11) is 0. The summed E-state index contributed by atoms with van der Waals surface area (Å²) in [5.41, 5.74) is 3.22. The van der Waals surface area contributed by atoms with Crippen LogP contribution in [0.1, 0.15) is 5.56 Å². The maximum atomic E-state index is 13.9. The largest absolute Gasteiger partial charge is 0.340 e. The van der Waals surface area contributed by atoms with E-state index >= 15 is 0 Å². The van der Waals surface area contributed by atoms with Gasteiger partial charge in [-0.2, -0.15) is 4.98 Å². The monoisotopic (exact) mass is 344 g/mol. The SMILES string of the molecule is Cc1ccc(Nc2nc(Nc3ccccc3F)nc3ccccc23)cc1. The Morgan fingerprint density at radius 3 is 2.31 bits per heavy atom. The zero-order chi connectivity index (χ0) is 17.9. The molecule has 0 atom stereocenters. The molecule has 3 aromatic carbocycles. The summed E-state index contributed by atoms with van der Waals surface area (Å²) in [4.78, 5) is 9.05. The zero-order valence-electron chi connectivity index (χ0n) is 14.2. The highest BCUT2D eigenvalue weighted by molar-refractivity contribution is 5.92. The average Bonchev–Trinajstić information content (AvgIpc) is 2.65. The number of benzene rings is 3. The summed E-state index contributed by atoms with van der Waals surface area (Å²) < 4.78 is 13.9. The van der Waals surface area contributed by atoms with E-state index in [2.05, 4.69) is 20.6 Å². The van der Waals surface area contributed by atoms with Crippen LogP contribution in [0.15, 0.2) is 72.8 Å². The number of halogens is 1.